The molecule has 6 heteroatoms. The molecular weight excluding hydrogens is 240 g/mol. The van der Waals surface area contributed by atoms with Crippen LogP contribution in [0, 0.1) is 13.8 Å². The van der Waals surface area contributed by atoms with Crippen molar-refractivity contribution in [2.24, 2.45) is 0 Å². The van der Waals surface area contributed by atoms with Gasteiger partial charge in [0.15, 0.2) is 0 Å². The van der Waals surface area contributed by atoms with Crippen molar-refractivity contribution in [3.8, 4) is 0 Å². The SMILES string of the molecule is CCNc1cc(NCCn2cc(C)cn2)nc(C)n1. The number of nitrogens with zero attached hydrogens (tertiary/aromatic N) is 4. The number of nitrogens with one attached hydrogen (secondary N) is 2. The summed E-state index contributed by atoms with van der Waals surface area (Å²) in [6, 6.07) is 1.92. The van der Waals surface area contributed by atoms with E-state index in [0.29, 0.717) is 0 Å². The van der Waals surface area contributed by atoms with Crippen LogP contribution in [0.5, 0.6) is 0 Å². The van der Waals surface area contributed by atoms with Gasteiger partial charge in [0.05, 0.1) is 12.7 Å². The molecule has 0 aliphatic rings. The molecule has 0 bridgehead atoms. The van der Waals surface area contributed by atoms with Crippen LogP contribution in [0.3, 0.4) is 0 Å². The molecule has 6 nitrogen and oxygen atoms in total. The van der Waals surface area contributed by atoms with Gasteiger partial charge >= 0.3 is 0 Å². The van der Waals surface area contributed by atoms with Crippen molar-refractivity contribution in [2.45, 2.75) is 27.3 Å². The molecule has 2 rings (SSSR count). The molecule has 0 radical (unpaired) electrons. The smallest absolute Gasteiger partial charge is 0.131 e. The number of rotatable bonds is 6. The van der Waals surface area contributed by atoms with E-state index in [1.54, 1.807) is 0 Å². The van der Waals surface area contributed by atoms with Crippen molar-refractivity contribution < 1.29 is 0 Å². The predicted molar refractivity (Wildman–Crippen MR) is 76.4 cm³/mol. The molecule has 0 aliphatic heterocycles. The van der Waals surface area contributed by atoms with E-state index in [9.17, 15) is 0 Å². The van der Waals surface area contributed by atoms with E-state index in [0.717, 1.165) is 37.1 Å². The fourth-order valence-corrected chi connectivity index (χ4v) is 1.82. The highest BCUT2D eigenvalue weighted by Crippen LogP contribution is 2.10. The Balaban J connectivity index is 1.91. The maximum atomic E-state index is 4.36. The summed E-state index contributed by atoms with van der Waals surface area (Å²) >= 11 is 0. The van der Waals surface area contributed by atoms with Crippen LogP contribution in [0.1, 0.15) is 18.3 Å². The average Bonchev–Trinajstić information content (AvgIpc) is 2.75. The largest absolute Gasteiger partial charge is 0.370 e. The maximum absolute atomic E-state index is 4.36. The van der Waals surface area contributed by atoms with Gasteiger partial charge in [-0.25, -0.2) is 9.97 Å². The molecule has 19 heavy (non-hydrogen) atoms. The van der Waals surface area contributed by atoms with Crippen molar-refractivity contribution >= 4 is 11.6 Å². The van der Waals surface area contributed by atoms with Crippen LogP contribution in [0.4, 0.5) is 11.6 Å². The van der Waals surface area contributed by atoms with Gasteiger partial charge in [0.1, 0.15) is 17.5 Å². The minimum Gasteiger partial charge on any atom is -0.370 e. The average molecular weight is 260 g/mol. The molecule has 0 unspecified atom stereocenters. The van der Waals surface area contributed by atoms with E-state index in [4.69, 9.17) is 0 Å². The third-order valence-electron chi connectivity index (χ3n) is 2.61. The summed E-state index contributed by atoms with van der Waals surface area (Å²) < 4.78 is 1.92. The molecule has 2 aromatic heterocycles. The van der Waals surface area contributed by atoms with Crippen LogP contribution in [0.25, 0.3) is 0 Å². The highest BCUT2D eigenvalue weighted by molar-refractivity contribution is 5.47. The zero-order valence-corrected chi connectivity index (χ0v) is 11.6. The second kappa shape index (κ2) is 6.17. The molecule has 2 N–H and O–H groups in total. The fourth-order valence-electron chi connectivity index (χ4n) is 1.82. The summed E-state index contributed by atoms with van der Waals surface area (Å²) in [4.78, 5) is 8.67. The van der Waals surface area contributed by atoms with Crippen LogP contribution in [0.15, 0.2) is 18.5 Å². The van der Waals surface area contributed by atoms with Crippen molar-refractivity contribution in [1.82, 2.24) is 19.7 Å². The topological polar surface area (TPSA) is 67.7 Å². The summed E-state index contributed by atoms with van der Waals surface area (Å²) in [5.74, 6) is 2.45. The lowest BCUT2D eigenvalue weighted by Crippen LogP contribution is -2.13. The number of anilines is 2. The fraction of sp³-hybridized carbons (Fsp3) is 0.462. The molecule has 0 aliphatic carbocycles. The standard InChI is InChI=1S/C13H20N6/c1-4-14-12-7-13(18-11(3)17-12)15-5-6-19-9-10(2)8-16-19/h7-9H,4-6H2,1-3H3,(H2,14,15,17,18). The number of hydrogen-bond acceptors (Lipinski definition) is 5. The van der Waals surface area contributed by atoms with Crippen LogP contribution in [-0.2, 0) is 6.54 Å². The van der Waals surface area contributed by atoms with Gasteiger partial charge in [-0.05, 0) is 26.3 Å². The zero-order valence-electron chi connectivity index (χ0n) is 11.6. The van der Waals surface area contributed by atoms with E-state index in [-0.39, 0.29) is 0 Å². The van der Waals surface area contributed by atoms with Crippen LogP contribution < -0.4 is 10.6 Å². The van der Waals surface area contributed by atoms with E-state index in [2.05, 4.69) is 25.7 Å². The van der Waals surface area contributed by atoms with Gasteiger partial charge in [-0.3, -0.25) is 4.68 Å². The third-order valence-corrected chi connectivity index (χ3v) is 2.61. The molecule has 0 saturated heterocycles. The Bertz CT molecular complexity index is 534. The lowest BCUT2D eigenvalue weighted by molar-refractivity contribution is 0.636. The van der Waals surface area contributed by atoms with E-state index in [1.807, 2.05) is 43.9 Å². The zero-order chi connectivity index (χ0) is 13.7. The van der Waals surface area contributed by atoms with Gasteiger partial charge in [0.25, 0.3) is 0 Å². The first-order valence-corrected chi connectivity index (χ1v) is 6.50. The second-order valence-corrected chi connectivity index (χ2v) is 4.42. The third kappa shape index (κ3) is 3.94. The minimum absolute atomic E-state index is 0.760. The van der Waals surface area contributed by atoms with Crippen molar-refractivity contribution in [2.75, 3.05) is 23.7 Å². The van der Waals surface area contributed by atoms with Crippen LogP contribution >= 0.6 is 0 Å². The molecule has 0 amide bonds. The Hall–Kier alpha value is -2.11. The molecule has 0 atom stereocenters. The quantitative estimate of drug-likeness (QED) is 0.829. The Morgan fingerprint density at radius 2 is 1.89 bits per heavy atom. The Morgan fingerprint density at radius 1 is 1.16 bits per heavy atom. The molecular formula is C13H20N6. The van der Waals surface area contributed by atoms with Gasteiger partial charge in [0.2, 0.25) is 0 Å². The predicted octanol–water partition coefficient (Wildman–Crippen LogP) is 1.83. The van der Waals surface area contributed by atoms with Crippen molar-refractivity contribution in [1.29, 1.82) is 0 Å². The molecule has 0 spiro atoms. The first-order chi connectivity index (χ1) is 9.17. The Kier molecular flexibility index (Phi) is 4.33. The first kappa shape index (κ1) is 13.3. The maximum Gasteiger partial charge on any atom is 0.131 e. The van der Waals surface area contributed by atoms with Gasteiger partial charge in [-0.15, -0.1) is 0 Å². The molecule has 2 aromatic rings. The number of hydrogen-bond donors (Lipinski definition) is 2. The Morgan fingerprint density at radius 3 is 2.53 bits per heavy atom. The first-order valence-electron chi connectivity index (χ1n) is 6.50. The molecule has 2 heterocycles. The summed E-state index contributed by atoms with van der Waals surface area (Å²) in [7, 11) is 0. The minimum atomic E-state index is 0.760. The molecule has 0 saturated carbocycles. The summed E-state index contributed by atoms with van der Waals surface area (Å²) in [5.41, 5.74) is 1.17. The van der Waals surface area contributed by atoms with Gasteiger partial charge < -0.3 is 10.6 Å². The lowest BCUT2D eigenvalue weighted by Gasteiger charge is -2.09. The van der Waals surface area contributed by atoms with Crippen LogP contribution in [-0.4, -0.2) is 32.8 Å². The van der Waals surface area contributed by atoms with Gasteiger partial charge in [0, 0.05) is 25.4 Å². The summed E-state index contributed by atoms with van der Waals surface area (Å²) in [6.45, 7) is 8.42. The van der Waals surface area contributed by atoms with Gasteiger partial charge in [-0.1, -0.05) is 0 Å². The Labute approximate surface area is 113 Å². The highest BCUT2D eigenvalue weighted by Gasteiger charge is 2.01. The summed E-state index contributed by atoms with van der Waals surface area (Å²) in [6.07, 6.45) is 3.88. The molecule has 102 valence electrons. The normalized spacial score (nSPS) is 10.5. The van der Waals surface area contributed by atoms with Crippen molar-refractivity contribution in [3.05, 3.63) is 29.8 Å². The van der Waals surface area contributed by atoms with E-state index < -0.39 is 0 Å². The second-order valence-electron chi connectivity index (χ2n) is 4.42. The molecule has 0 aromatic carbocycles. The van der Waals surface area contributed by atoms with E-state index >= 15 is 0 Å². The van der Waals surface area contributed by atoms with Crippen molar-refractivity contribution in [3.63, 3.8) is 0 Å². The lowest BCUT2D eigenvalue weighted by atomic mass is 10.4. The van der Waals surface area contributed by atoms with Gasteiger partial charge in [-0.2, -0.15) is 5.10 Å². The number of aryl methyl sites for hydroxylation is 2. The highest BCUT2D eigenvalue weighted by atomic mass is 15.3. The van der Waals surface area contributed by atoms with E-state index in [1.165, 1.54) is 5.56 Å². The molecule has 0 fully saturated rings. The number of aromatic nitrogens is 4. The summed E-state index contributed by atoms with van der Waals surface area (Å²) in [5, 5.41) is 10.7. The van der Waals surface area contributed by atoms with Crippen LogP contribution in [0.2, 0.25) is 0 Å². The monoisotopic (exact) mass is 260 g/mol.